The van der Waals surface area contributed by atoms with E-state index in [1.165, 1.54) is 0 Å². The Morgan fingerprint density at radius 3 is 2.84 bits per heavy atom. The van der Waals surface area contributed by atoms with Crippen molar-refractivity contribution in [1.82, 2.24) is 5.32 Å². The van der Waals surface area contributed by atoms with Crippen LogP contribution in [0.1, 0.15) is 31.4 Å². The molecule has 1 aromatic carbocycles. The third-order valence-electron chi connectivity index (χ3n) is 3.12. The summed E-state index contributed by atoms with van der Waals surface area (Å²) in [6.07, 6.45) is 3.56. The molecular formula is C14H16BrF2NO. The maximum absolute atomic E-state index is 13.7. The van der Waals surface area contributed by atoms with Gasteiger partial charge in [-0.25, -0.2) is 8.78 Å². The van der Waals surface area contributed by atoms with Gasteiger partial charge in [0, 0.05) is 0 Å². The summed E-state index contributed by atoms with van der Waals surface area (Å²) >= 11 is 3.15. The molecule has 1 aromatic rings. The van der Waals surface area contributed by atoms with Crippen LogP contribution in [0.3, 0.4) is 0 Å². The summed E-state index contributed by atoms with van der Waals surface area (Å²) in [7, 11) is 0. The first kappa shape index (κ1) is 14.5. The van der Waals surface area contributed by atoms with E-state index in [0.29, 0.717) is 12.2 Å². The van der Waals surface area contributed by atoms with Crippen LogP contribution in [0.15, 0.2) is 28.4 Å². The van der Waals surface area contributed by atoms with Gasteiger partial charge in [-0.2, -0.15) is 0 Å². The van der Waals surface area contributed by atoms with E-state index >= 15 is 0 Å². The zero-order chi connectivity index (χ0) is 13.8. The van der Waals surface area contributed by atoms with E-state index in [4.69, 9.17) is 4.74 Å². The first-order valence-electron chi connectivity index (χ1n) is 6.32. The molecule has 0 radical (unpaired) electrons. The van der Waals surface area contributed by atoms with Gasteiger partial charge in [0.15, 0.2) is 11.6 Å². The van der Waals surface area contributed by atoms with Crippen LogP contribution < -0.4 is 5.32 Å². The van der Waals surface area contributed by atoms with Crippen molar-refractivity contribution in [2.45, 2.75) is 25.8 Å². The Morgan fingerprint density at radius 1 is 1.42 bits per heavy atom. The Balaban J connectivity index is 2.39. The predicted molar refractivity (Wildman–Crippen MR) is 73.7 cm³/mol. The molecule has 0 fully saturated rings. The van der Waals surface area contributed by atoms with Crippen LogP contribution in [0.4, 0.5) is 8.78 Å². The Bertz CT molecular complexity index is 491. The van der Waals surface area contributed by atoms with Crippen molar-refractivity contribution in [3.8, 4) is 0 Å². The van der Waals surface area contributed by atoms with Gasteiger partial charge in [-0.1, -0.05) is 13.0 Å². The van der Waals surface area contributed by atoms with E-state index in [0.717, 1.165) is 31.0 Å². The maximum Gasteiger partial charge on any atom is 0.173 e. The van der Waals surface area contributed by atoms with Gasteiger partial charge in [-0.15, -0.1) is 0 Å². The van der Waals surface area contributed by atoms with Crippen LogP contribution in [0.5, 0.6) is 0 Å². The zero-order valence-electron chi connectivity index (χ0n) is 10.7. The smallest absolute Gasteiger partial charge is 0.173 e. The van der Waals surface area contributed by atoms with Gasteiger partial charge < -0.3 is 10.1 Å². The Hall–Kier alpha value is -0.940. The molecule has 104 valence electrons. The number of benzene rings is 1. The molecule has 19 heavy (non-hydrogen) atoms. The molecule has 0 spiro atoms. The van der Waals surface area contributed by atoms with Crippen molar-refractivity contribution in [2.75, 3.05) is 13.2 Å². The summed E-state index contributed by atoms with van der Waals surface area (Å²) < 4.78 is 32.4. The number of hydrogen-bond acceptors (Lipinski definition) is 2. The van der Waals surface area contributed by atoms with Gasteiger partial charge >= 0.3 is 0 Å². The minimum atomic E-state index is -0.849. The Morgan fingerprint density at radius 2 is 2.21 bits per heavy atom. The molecule has 1 aliphatic heterocycles. The van der Waals surface area contributed by atoms with Gasteiger partial charge in [-0.05, 0) is 52.5 Å². The lowest BCUT2D eigenvalue weighted by Gasteiger charge is -2.25. The molecule has 1 N–H and O–H groups in total. The second kappa shape index (κ2) is 6.48. The van der Waals surface area contributed by atoms with Crippen molar-refractivity contribution in [3.63, 3.8) is 0 Å². The van der Waals surface area contributed by atoms with Crippen LogP contribution >= 0.6 is 15.9 Å². The molecule has 5 heteroatoms. The summed E-state index contributed by atoms with van der Waals surface area (Å²) in [5.74, 6) is -1.70. The third kappa shape index (κ3) is 3.15. The van der Waals surface area contributed by atoms with Gasteiger partial charge in [0.2, 0.25) is 0 Å². The number of halogens is 3. The second-order valence-corrected chi connectivity index (χ2v) is 5.22. The molecule has 2 rings (SSSR count). The first-order valence-corrected chi connectivity index (χ1v) is 7.11. The normalized spacial score (nSPS) is 16.7. The van der Waals surface area contributed by atoms with E-state index in [1.54, 1.807) is 12.3 Å². The number of nitrogens with one attached hydrogen (secondary N) is 1. The third-order valence-corrected chi connectivity index (χ3v) is 3.92. The molecule has 0 saturated heterocycles. The second-order valence-electron chi connectivity index (χ2n) is 4.42. The molecule has 0 aliphatic carbocycles. The van der Waals surface area contributed by atoms with Gasteiger partial charge in [-0.3, -0.25) is 0 Å². The number of ether oxygens (including phenoxy) is 1. The maximum atomic E-state index is 13.7. The SMILES string of the molecule is CCNC(C1=COCCC1)c1ccc(F)c(F)c1Br. The van der Waals surface area contributed by atoms with Crippen LogP contribution in [-0.4, -0.2) is 13.2 Å². The van der Waals surface area contributed by atoms with E-state index in [2.05, 4.69) is 21.2 Å². The summed E-state index contributed by atoms with van der Waals surface area (Å²) in [6, 6.07) is 2.60. The molecule has 0 bridgehead atoms. The highest BCUT2D eigenvalue weighted by atomic mass is 79.9. The van der Waals surface area contributed by atoms with Gasteiger partial charge in [0.05, 0.1) is 23.4 Å². The summed E-state index contributed by atoms with van der Waals surface area (Å²) in [4.78, 5) is 0. The molecule has 0 amide bonds. The highest BCUT2D eigenvalue weighted by Gasteiger charge is 2.23. The predicted octanol–water partition coefficient (Wildman–Crippen LogP) is 4.07. The number of likely N-dealkylation sites (N-methyl/N-ethyl adjacent to an activating group) is 1. The molecule has 1 heterocycles. The lowest BCUT2D eigenvalue weighted by atomic mass is 9.95. The number of rotatable bonds is 4. The highest BCUT2D eigenvalue weighted by molar-refractivity contribution is 9.10. The fraction of sp³-hybridized carbons (Fsp3) is 0.429. The zero-order valence-corrected chi connectivity index (χ0v) is 12.3. The van der Waals surface area contributed by atoms with E-state index in [9.17, 15) is 8.78 Å². The minimum Gasteiger partial charge on any atom is -0.501 e. The topological polar surface area (TPSA) is 21.3 Å². The molecular weight excluding hydrogens is 316 g/mol. The Kier molecular flexibility index (Phi) is 4.93. The molecule has 1 unspecified atom stereocenters. The first-order chi connectivity index (χ1) is 9.15. The highest BCUT2D eigenvalue weighted by Crippen LogP contribution is 2.34. The van der Waals surface area contributed by atoms with Crippen molar-refractivity contribution >= 4 is 15.9 Å². The monoisotopic (exact) mass is 331 g/mol. The molecule has 0 saturated carbocycles. The van der Waals surface area contributed by atoms with Crippen molar-refractivity contribution < 1.29 is 13.5 Å². The average Bonchev–Trinajstić information content (AvgIpc) is 2.44. The summed E-state index contributed by atoms with van der Waals surface area (Å²) in [6.45, 7) is 3.42. The Labute approximate surface area is 120 Å². The van der Waals surface area contributed by atoms with Crippen molar-refractivity contribution in [2.24, 2.45) is 0 Å². The largest absolute Gasteiger partial charge is 0.501 e. The van der Waals surface area contributed by atoms with Crippen LogP contribution in [0, 0.1) is 11.6 Å². The molecule has 1 aliphatic rings. The quantitative estimate of drug-likeness (QED) is 0.839. The lowest BCUT2D eigenvalue weighted by Crippen LogP contribution is -2.25. The van der Waals surface area contributed by atoms with Gasteiger partial charge in [0.1, 0.15) is 0 Å². The fourth-order valence-electron chi connectivity index (χ4n) is 2.21. The van der Waals surface area contributed by atoms with E-state index < -0.39 is 11.6 Å². The van der Waals surface area contributed by atoms with Gasteiger partial charge in [0.25, 0.3) is 0 Å². The molecule has 0 aromatic heterocycles. The molecule has 1 atom stereocenters. The van der Waals surface area contributed by atoms with Crippen LogP contribution in [0.25, 0.3) is 0 Å². The van der Waals surface area contributed by atoms with Crippen LogP contribution in [-0.2, 0) is 4.74 Å². The van der Waals surface area contributed by atoms with Crippen molar-refractivity contribution in [3.05, 3.63) is 45.6 Å². The van der Waals surface area contributed by atoms with E-state index in [1.807, 2.05) is 6.92 Å². The number of hydrogen-bond donors (Lipinski definition) is 1. The average molecular weight is 332 g/mol. The lowest BCUT2D eigenvalue weighted by molar-refractivity contribution is 0.219. The van der Waals surface area contributed by atoms with Crippen molar-refractivity contribution in [1.29, 1.82) is 0 Å². The fourth-order valence-corrected chi connectivity index (χ4v) is 2.76. The van der Waals surface area contributed by atoms with Crippen LogP contribution in [0.2, 0.25) is 0 Å². The summed E-state index contributed by atoms with van der Waals surface area (Å²) in [5, 5.41) is 3.29. The molecule has 2 nitrogen and oxygen atoms in total. The van der Waals surface area contributed by atoms with E-state index in [-0.39, 0.29) is 10.5 Å². The summed E-state index contributed by atoms with van der Waals surface area (Å²) in [5.41, 5.74) is 1.75. The minimum absolute atomic E-state index is 0.158. The standard InChI is InChI=1S/C14H16BrF2NO/c1-2-18-14(9-4-3-7-19-8-9)10-5-6-11(16)13(17)12(10)15/h5-6,8,14,18H,2-4,7H2,1H3.